The van der Waals surface area contributed by atoms with Crippen LogP contribution in [0.2, 0.25) is 0 Å². The zero-order valence-corrected chi connectivity index (χ0v) is 6.78. The van der Waals surface area contributed by atoms with Crippen LogP contribution in [0, 0.1) is 12.3 Å². The minimum absolute atomic E-state index is 0.0224. The quantitative estimate of drug-likeness (QED) is 0.429. The summed E-state index contributed by atoms with van der Waals surface area (Å²) in [5.41, 5.74) is 0. The number of esters is 1. The maximum Gasteiger partial charge on any atom is 0.339 e. The van der Waals surface area contributed by atoms with Crippen molar-refractivity contribution in [2.45, 2.75) is 19.1 Å². The van der Waals surface area contributed by atoms with Crippen LogP contribution in [0.1, 0.15) is 6.92 Å². The van der Waals surface area contributed by atoms with Crippen LogP contribution in [0.15, 0.2) is 0 Å². The highest BCUT2D eigenvalue weighted by Gasteiger charge is 2.33. The van der Waals surface area contributed by atoms with E-state index in [0.29, 0.717) is 0 Å². The van der Waals surface area contributed by atoms with Crippen LogP contribution >= 0.6 is 0 Å². The van der Waals surface area contributed by atoms with Gasteiger partial charge in [-0.25, -0.2) is 4.79 Å². The van der Waals surface area contributed by atoms with Crippen molar-refractivity contribution in [1.29, 1.82) is 0 Å². The maximum atomic E-state index is 11.1. The average Bonchev–Trinajstić information content (AvgIpc) is 2.47. The number of ether oxygens (including phenoxy) is 3. The molecule has 4 heteroatoms. The Hall–Kier alpha value is -1.05. The Morgan fingerprint density at radius 2 is 2.50 bits per heavy atom. The van der Waals surface area contributed by atoms with Crippen molar-refractivity contribution < 1.29 is 19.0 Å². The fourth-order valence-corrected chi connectivity index (χ4v) is 0.897. The van der Waals surface area contributed by atoms with Crippen molar-refractivity contribution in [1.82, 2.24) is 0 Å². The smallest absolute Gasteiger partial charge is 0.339 e. The highest BCUT2D eigenvalue weighted by Crippen LogP contribution is 2.13. The molecular weight excluding hydrogens is 160 g/mol. The lowest BCUT2D eigenvalue weighted by Gasteiger charge is -2.09. The molecular formula is C8H10O4. The predicted octanol–water partition coefficient (Wildman–Crippen LogP) is -0.0758. The molecule has 0 N–H and O–H groups in total. The Balaban J connectivity index is 2.37. The molecule has 2 unspecified atom stereocenters. The predicted molar refractivity (Wildman–Crippen MR) is 40.1 cm³/mol. The molecule has 1 aliphatic rings. The molecule has 12 heavy (non-hydrogen) atoms. The van der Waals surface area contributed by atoms with Gasteiger partial charge >= 0.3 is 5.97 Å². The summed E-state index contributed by atoms with van der Waals surface area (Å²) in [6, 6.07) is 0. The Labute approximate surface area is 70.8 Å². The highest BCUT2D eigenvalue weighted by atomic mass is 16.7. The van der Waals surface area contributed by atoms with Crippen molar-refractivity contribution in [3.63, 3.8) is 0 Å². The molecule has 0 amide bonds. The number of hydrogen-bond acceptors (Lipinski definition) is 4. The molecule has 1 heterocycles. The van der Waals surface area contributed by atoms with Crippen LogP contribution in [0.4, 0.5) is 0 Å². The van der Waals surface area contributed by atoms with Gasteiger partial charge in [0.1, 0.15) is 6.79 Å². The Kier molecular flexibility index (Phi) is 3.09. The summed E-state index contributed by atoms with van der Waals surface area (Å²) in [6.07, 6.45) is 4.03. The summed E-state index contributed by atoms with van der Waals surface area (Å²) in [5.74, 6) is 1.74. The number of rotatable bonds is 2. The van der Waals surface area contributed by atoms with Crippen molar-refractivity contribution in [3.8, 4) is 12.3 Å². The first-order chi connectivity index (χ1) is 5.75. The van der Waals surface area contributed by atoms with Gasteiger partial charge < -0.3 is 14.2 Å². The summed E-state index contributed by atoms with van der Waals surface area (Å²) in [6.45, 7) is 1.86. The fraction of sp³-hybridized carbons (Fsp3) is 0.625. The number of carbonyl (C=O) groups excluding carboxylic acids is 1. The summed E-state index contributed by atoms with van der Waals surface area (Å²) < 4.78 is 14.6. The number of carbonyl (C=O) groups is 1. The molecule has 2 atom stereocenters. The molecule has 0 aromatic rings. The van der Waals surface area contributed by atoms with Crippen LogP contribution in [0.5, 0.6) is 0 Å². The van der Waals surface area contributed by atoms with Crippen molar-refractivity contribution in [3.05, 3.63) is 0 Å². The van der Waals surface area contributed by atoms with Gasteiger partial charge in [0.15, 0.2) is 12.7 Å². The first kappa shape index (κ1) is 9.04. The first-order valence-corrected chi connectivity index (χ1v) is 3.59. The van der Waals surface area contributed by atoms with Gasteiger partial charge in [0, 0.05) is 0 Å². The van der Waals surface area contributed by atoms with E-state index in [2.05, 4.69) is 10.7 Å². The van der Waals surface area contributed by atoms with E-state index in [1.165, 1.54) is 0 Å². The second kappa shape index (κ2) is 4.10. The van der Waals surface area contributed by atoms with E-state index >= 15 is 0 Å². The second-order valence-electron chi connectivity index (χ2n) is 2.39. The third kappa shape index (κ3) is 1.97. The molecule has 1 fully saturated rings. The molecule has 1 aliphatic heterocycles. The van der Waals surface area contributed by atoms with Crippen molar-refractivity contribution in [2.75, 3.05) is 13.4 Å². The summed E-state index contributed by atoms with van der Waals surface area (Å²) in [5, 5.41) is 0. The normalized spacial score (nSPS) is 28.0. The molecule has 1 saturated heterocycles. The van der Waals surface area contributed by atoms with Gasteiger partial charge in [-0.15, -0.1) is 6.42 Å². The highest BCUT2D eigenvalue weighted by molar-refractivity contribution is 5.75. The minimum Gasteiger partial charge on any atom is -0.451 e. The average molecular weight is 170 g/mol. The molecule has 0 aromatic carbocycles. The van der Waals surface area contributed by atoms with Crippen LogP contribution in [0.25, 0.3) is 0 Å². The number of hydrogen-bond donors (Lipinski definition) is 0. The van der Waals surface area contributed by atoms with Crippen molar-refractivity contribution >= 4 is 5.97 Å². The molecule has 66 valence electrons. The standard InChI is InChI=1S/C8H10O4/c1-3-4-10-8(9)7-6(2)11-5-12-7/h1,6-7H,4-5H2,2H3. The maximum absolute atomic E-state index is 11.1. The van der Waals surface area contributed by atoms with E-state index in [9.17, 15) is 4.79 Å². The topological polar surface area (TPSA) is 44.8 Å². The third-order valence-corrected chi connectivity index (χ3v) is 1.53. The third-order valence-electron chi connectivity index (χ3n) is 1.53. The summed E-state index contributed by atoms with van der Waals surface area (Å²) in [4.78, 5) is 11.1. The number of terminal acetylenes is 1. The minimum atomic E-state index is -0.627. The molecule has 0 aliphatic carbocycles. The lowest BCUT2D eigenvalue weighted by molar-refractivity contribution is -0.153. The Morgan fingerprint density at radius 1 is 1.75 bits per heavy atom. The van der Waals surface area contributed by atoms with E-state index in [1.54, 1.807) is 6.92 Å². The van der Waals surface area contributed by atoms with Crippen LogP contribution in [-0.2, 0) is 19.0 Å². The Bertz CT molecular complexity index is 206. The zero-order chi connectivity index (χ0) is 8.97. The van der Waals surface area contributed by atoms with Gasteiger partial charge in [0.05, 0.1) is 6.10 Å². The van der Waals surface area contributed by atoms with Gasteiger partial charge in [0.25, 0.3) is 0 Å². The zero-order valence-electron chi connectivity index (χ0n) is 6.78. The van der Waals surface area contributed by atoms with E-state index in [0.717, 1.165) is 0 Å². The van der Waals surface area contributed by atoms with E-state index in [4.69, 9.17) is 15.9 Å². The molecule has 0 spiro atoms. The summed E-state index contributed by atoms with van der Waals surface area (Å²) >= 11 is 0. The lowest BCUT2D eigenvalue weighted by atomic mass is 10.2. The van der Waals surface area contributed by atoms with Crippen LogP contribution < -0.4 is 0 Å². The second-order valence-corrected chi connectivity index (χ2v) is 2.39. The van der Waals surface area contributed by atoms with E-state index < -0.39 is 12.1 Å². The molecule has 0 saturated carbocycles. The molecule has 1 rings (SSSR count). The van der Waals surface area contributed by atoms with E-state index in [1.807, 2.05) is 0 Å². The van der Waals surface area contributed by atoms with Crippen molar-refractivity contribution in [2.24, 2.45) is 0 Å². The molecule has 4 nitrogen and oxygen atoms in total. The SMILES string of the molecule is C#CCOC(=O)C1OCOC1C. The largest absolute Gasteiger partial charge is 0.451 e. The molecule has 0 bridgehead atoms. The van der Waals surface area contributed by atoms with Gasteiger partial charge in [-0.1, -0.05) is 5.92 Å². The monoisotopic (exact) mass is 170 g/mol. The van der Waals surface area contributed by atoms with Gasteiger partial charge in [-0.05, 0) is 6.92 Å². The van der Waals surface area contributed by atoms with Gasteiger partial charge in [-0.3, -0.25) is 0 Å². The lowest BCUT2D eigenvalue weighted by Crippen LogP contribution is -2.31. The molecule has 0 radical (unpaired) electrons. The fourth-order valence-electron chi connectivity index (χ4n) is 0.897. The Morgan fingerprint density at radius 3 is 3.00 bits per heavy atom. The van der Waals surface area contributed by atoms with Crippen LogP contribution in [0.3, 0.4) is 0 Å². The first-order valence-electron chi connectivity index (χ1n) is 3.59. The van der Waals surface area contributed by atoms with Gasteiger partial charge in [0.2, 0.25) is 0 Å². The van der Waals surface area contributed by atoms with Crippen LogP contribution in [-0.4, -0.2) is 31.6 Å². The molecule has 0 aromatic heterocycles. The van der Waals surface area contributed by atoms with Gasteiger partial charge in [-0.2, -0.15) is 0 Å². The van der Waals surface area contributed by atoms with E-state index in [-0.39, 0.29) is 19.5 Å². The summed E-state index contributed by atoms with van der Waals surface area (Å²) in [7, 11) is 0.